The molecule has 3 nitrogen and oxygen atoms in total. The maximum atomic E-state index is 7.50. The Kier molecular flexibility index (Phi) is 33500. The van der Waals surface area contributed by atoms with Crippen molar-refractivity contribution in [3.63, 3.8) is 0 Å². The van der Waals surface area contributed by atoms with Gasteiger partial charge in [0.25, 0.3) is 0 Å². The van der Waals surface area contributed by atoms with Gasteiger partial charge in [0.15, 0.2) is 0 Å². The van der Waals surface area contributed by atoms with Crippen LogP contribution in [0.2, 0.25) is 0 Å². The van der Waals surface area contributed by atoms with Gasteiger partial charge in [-0.15, -0.1) is 0 Å². The van der Waals surface area contributed by atoms with Crippen LogP contribution in [0.25, 0.3) is 0 Å². The van der Waals surface area contributed by atoms with Crippen LogP contribution in [0.15, 0.2) is 0 Å². The molecule has 0 aromatic carbocycles. The summed E-state index contributed by atoms with van der Waals surface area (Å²) in [4.78, 5) is 0. The molecule has 0 rings (SSSR count). The van der Waals surface area contributed by atoms with Crippen LogP contribution in [0.3, 0.4) is 0 Å². The third-order valence-corrected chi connectivity index (χ3v) is 0. The molecule has 0 aromatic heterocycles. The van der Waals surface area contributed by atoms with E-state index in [9.17, 15) is 0 Å². The van der Waals surface area contributed by atoms with Crippen molar-refractivity contribution in [1.82, 2.24) is 0 Å². The van der Waals surface area contributed by atoms with Crippen LogP contribution >= 0.6 is 0 Å². The van der Waals surface area contributed by atoms with Crippen LogP contribution in [0.5, 0.6) is 0 Å². The normalized spacial score (nSPS) is 0.857. The Balaban J connectivity index is -0.00000000900. The second-order valence-corrected chi connectivity index (χ2v) is 0. The SMILES string of the molecule is [99Tc].[C-]#[O+].[C-]#[O+].[C-]#[O+]. The van der Waals surface area contributed by atoms with E-state index in [0.717, 1.165) is 0 Å². The van der Waals surface area contributed by atoms with Gasteiger partial charge in [-0.2, -0.15) is 0 Å². The zero-order valence-electron chi connectivity index (χ0n) is 3.10. The van der Waals surface area contributed by atoms with Crippen molar-refractivity contribution in [2.24, 2.45) is 0 Å². The second kappa shape index (κ2) is 8150. The molecule has 0 aromatic rings. The molecule has 0 unspecified atom stereocenters. The number of hydrogen-bond donors (Lipinski definition) is 0. The van der Waals surface area contributed by atoms with E-state index >= 15 is 0 Å². The average Bonchev–Trinajstić information content (AvgIpc) is 1.81. The summed E-state index contributed by atoms with van der Waals surface area (Å²) in [6, 6.07) is 0. The first-order valence-electron chi connectivity index (χ1n) is 0.612. The summed E-state index contributed by atoms with van der Waals surface area (Å²) in [7, 11) is 0. The standard InChI is InChI=1S/3CO.Tc/c3*1-2;/i;;;1+1. The summed E-state index contributed by atoms with van der Waals surface area (Å²) in [5.41, 5.74) is 0. The molecule has 4 heteroatoms. The average molecular weight is 183 g/mol. The molecule has 0 amide bonds. The number of hydrogen-bond acceptors (Lipinski definition) is 0. The molecule has 7 heavy (non-hydrogen) atoms. The Morgan fingerprint density at radius 1 is 0.571 bits per heavy atom. The summed E-state index contributed by atoms with van der Waals surface area (Å²) in [6.07, 6.45) is 0. The third-order valence-electron chi connectivity index (χ3n) is 0. The molecule has 0 bridgehead atoms. The summed E-state index contributed by atoms with van der Waals surface area (Å²) in [5, 5.41) is 0. The first-order chi connectivity index (χ1) is 3.00. The second-order valence-electron chi connectivity index (χ2n) is 0. The minimum absolute atomic E-state index is 0. The topological polar surface area (TPSA) is 59.7 Å². The van der Waals surface area contributed by atoms with Gasteiger partial charge in [0, 0.05) is 20.1 Å². The van der Waals surface area contributed by atoms with Gasteiger partial charge in [-0.1, -0.05) is 0 Å². The molecule has 0 N–H and O–H groups in total. The summed E-state index contributed by atoms with van der Waals surface area (Å²) < 4.78 is 22.5. The molecule has 0 aliphatic heterocycles. The predicted molar refractivity (Wildman–Crippen MR) is 11.8 cm³/mol. The molecule has 0 aliphatic rings. The van der Waals surface area contributed by atoms with Gasteiger partial charge in [-0.3, -0.25) is 0 Å². The van der Waals surface area contributed by atoms with Crippen LogP contribution in [0.1, 0.15) is 0 Å². The van der Waals surface area contributed by atoms with Gasteiger partial charge in [-0.05, 0) is 0 Å². The van der Waals surface area contributed by atoms with Crippen LogP contribution < -0.4 is 0 Å². The van der Waals surface area contributed by atoms with E-state index < -0.39 is 0 Å². The fourth-order valence-electron chi connectivity index (χ4n) is 0. The van der Waals surface area contributed by atoms with Crippen molar-refractivity contribution >= 4 is 0 Å². The summed E-state index contributed by atoms with van der Waals surface area (Å²) >= 11 is 0. The fourth-order valence-corrected chi connectivity index (χ4v) is 0. The van der Waals surface area contributed by atoms with Crippen LogP contribution in [0, 0.1) is 20.0 Å². The van der Waals surface area contributed by atoms with Crippen molar-refractivity contribution in [1.29, 1.82) is 0 Å². The first-order valence-corrected chi connectivity index (χ1v) is 0.612. The molecule has 1 radical (unpaired) electrons. The quantitative estimate of drug-likeness (QED) is 0.371. The van der Waals surface area contributed by atoms with Gasteiger partial charge in [0.1, 0.15) is 0 Å². The molecule has 0 spiro atoms. The van der Waals surface area contributed by atoms with Crippen LogP contribution in [-0.2, 0) is 34.1 Å². The monoisotopic (exact) mass is 183 g/mol. The Bertz CT molecular complexity index is 38.7. The van der Waals surface area contributed by atoms with Crippen LogP contribution in [0.4, 0.5) is 0 Å². The maximum absolute atomic E-state index is 7.50. The van der Waals surface area contributed by atoms with E-state index in [-0.39, 0.29) is 20.1 Å². The van der Waals surface area contributed by atoms with E-state index in [1.54, 1.807) is 0 Å². The first kappa shape index (κ1) is 28.7. The van der Waals surface area contributed by atoms with Crippen molar-refractivity contribution < 1.29 is 34.1 Å². The van der Waals surface area contributed by atoms with Crippen molar-refractivity contribution in [2.75, 3.05) is 0 Å². The van der Waals surface area contributed by atoms with Gasteiger partial charge in [-0.25, -0.2) is 0 Å². The molecule has 0 aliphatic carbocycles. The molecule has 0 heterocycles. The third kappa shape index (κ3) is 5150. The Hall–Kier alpha value is -0.131. The molecular weight excluding hydrogens is 183 g/mol. The van der Waals surface area contributed by atoms with Crippen molar-refractivity contribution in [3.05, 3.63) is 20.0 Å². The number of rotatable bonds is 0. The predicted octanol–water partition coefficient (Wildman–Crippen LogP) is -0.115. The molecule has 37 valence electrons. The molecular formula is C3O3Tc. The molecule has 0 saturated carbocycles. The summed E-state index contributed by atoms with van der Waals surface area (Å²) in [6.45, 7) is 13.5. The van der Waals surface area contributed by atoms with Gasteiger partial charge >= 0.3 is 33.9 Å². The van der Waals surface area contributed by atoms with E-state index in [2.05, 4.69) is 20.0 Å². The van der Waals surface area contributed by atoms with Gasteiger partial charge in [0.2, 0.25) is 0 Å². The minimum atomic E-state index is 0. The van der Waals surface area contributed by atoms with Gasteiger partial charge in [0.05, 0.1) is 0 Å². The van der Waals surface area contributed by atoms with Gasteiger partial charge < -0.3 is 0 Å². The van der Waals surface area contributed by atoms with E-state index in [4.69, 9.17) is 14.0 Å². The molecule has 0 fully saturated rings. The van der Waals surface area contributed by atoms with E-state index in [1.165, 1.54) is 0 Å². The fraction of sp³-hybridized carbons (Fsp3) is 0. The summed E-state index contributed by atoms with van der Waals surface area (Å²) in [5.74, 6) is 0. The van der Waals surface area contributed by atoms with E-state index in [0.29, 0.717) is 0 Å². The zero-order valence-corrected chi connectivity index (χ0v) is 4.96. The Labute approximate surface area is 54.6 Å². The van der Waals surface area contributed by atoms with Crippen LogP contribution in [-0.4, -0.2) is 0 Å². The Morgan fingerprint density at radius 2 is 0.571 bits per heavy atom. The van der Waals surface area contributed by atoms with Crippen molar-refractivity contribution in [3.8, 4) is 0 Å². The molecule has 0 saturated heterocycles. The van der Waals surface area contributed by atoms with E-state index in [1.807, 2.05) is 0 Å². The molecule has 0 atom stereocenters. The van der Waals surface area contributed by atoms with Crippen molar-refractivity contribution in [2.45, 2.75) is 0 Å². The Morgan fingerprint density at radius 3 is 0.571 bits per heavy atom. The zero-order chi connectivity index (χ0) is 6.00.